The highest BCUT2D eigenvalue weighted by Crippen LogP contribution is 2.29. The van der Waals surface area contributed by atoms with E-state index in [-0.39, 0.29) is 0 Å². The summed E-state index contributed by atoms with van der Waals surface area (Å²) in [6, 6.07) is 6.32. The van der Waals surface area contributed by atoms with Crippen molar-refractivity contribution in [3.8, 4) is 10.6 Å². The third kappa shape index (κ3) is 2.70. The number of nitrogens with zero attached hydrogens (tertiary/aromatic N) is 2. The van der Waals surface area contributed by atoms with Crippen LogP contribution in [0.2, 0.25) is 0 Å². The fourth-order valence-electron chi connectivity index (χ4n) is 1.84. The SMILES string of the molecule is CNCCc1nnc(-c2c(C)cccc2C)s1. The maximum atomic E-state index is 4.30. The molecule has 1 heterocycles. The number of aryl methyl sites for hydroxylation is 2. The van der Waals surface area contributed by atoms with Gasteiger partial charge in [-0.15, -0.1) is 10.2 Å². The van der Waals surface area contributed by atoms with Crippen molar-refractivity contribution in [2.75, 3.05) is 13.6 Å². The fourth-order valence-corrected chi connectivity index (χ4v) is 2.85. The summed E-state index contributed by atoms with van der Waals surface area (Å²) in [5.74, 6) is 0. The van der Waals surface area contributed by atoms with Gasteiger partial charge < -0.3 is 5.32 Å². The van der Waals surface area contributed by atoms with E-state index in [0.29, 0.717) is 0 Å². The molecule has 0 fully saturated rings. The average molecular weight is 247 g/mol. The molecule has 0 saturated carbocycles. The van der Waals surface area contributed by atoms with Crippen molar-refractivity contribution in [1.82, 2.24) is 15.5 Å². The Kier molecular flexibility index (Phi) is 3.86. The van der Waals surface area contributed by atoms with Crippen molar-refractivity contribution in [3.05, 3.63) is 34.3 Å². The van der Waals surface area contributed by atoms with Crippen LogP contribution in [0.5, 0.6) is 0 Å². The molecule has 0 aliphatic heterocycles. The molecule has 1 aromatic heterocycles. The number of likely N-dealkylation sites (N-methyl/N-ethyl adjacent to an activating group) is 1. The molecule has 0 amide bonds. The molecule has 4 heteroatoms. The topological polar surface area (TPSA) is 37.8 Å². The summed E-state index contributed by atoms with van der Waals surface area (Å²) >= 11 is 1.69. The predicted octanol–water partition coefficient (Wildman–Crippen LogP) is 2.58. The van der Waals surface area contributed by atoms with Gasteiger partial charge in [-0.1, -0.05) is 29.5 Å². The third-order valence-electron chi connectivity index (χ3n) is 2.75. The van der Waals surface area contributed by atoms with Crippen LogP contribution in [-0.4, -0.2) is 23.8 Å². The molecule has 0 saturated heterocycles. The molecule has 17 heavy (non-hydrogen) atoms. The van der Waals surface area contributed by atoms with Gasteiger partial charge in [0.2, 0.25) is 0 Å². The van der Waals surface area contributed by atoms with Crippen LogP contribution in [-0.2, 0) is 6.42 Å². The van der Waals surface area contributed by atoms with Crippen LogP contribution in [0.15, 0.2) is 18.2 Å². The second-order valence-corrected chi connectivity index (χ2v) is 5.18. The van der Waals surface area contributed by atoms with Crippen molar-refractivity contribution in [3.63, 3.8) is 0 Å². The summed E-state index contributed by atoms with van der Waals surface area (Å²) in [4.78, 5) is 0. The Morgan fingerprint density at radius 3 is 2.53 bits per heavy atom. The molecule has 1 aromatic carbocycles. The van der Waals surface area contributed by atoms with Gasteiger partial charge in [0.1, 0.15) is 10.0 Å². The molecule has 0 spiro atoms. The zero-order valence-electron chi connectivity index (χ0n) is 10.4. The van der Waals surface area contributed by atoms with E-state index in [1.807, 2.05) is 7.05 Å². The van der Waals surface area contributed by atoms with E-state index < -0.39 is 0 Å². The Bertz CT molecular complexity index is 485. The van der Waals surface area contributed by atoms with Gasteiger partial charge in [0.05, 0.1) is 0 Å². The Morgan fingerprint density at radius 1 is 1.18 bits per heavy atom. The fraction of sp³-hybridized carbons (Fsp3) is 0.385. The van der Waals surface area contributed by atoms with Crippen LogP contribution < -0.4 is 5.32 Å². The Hall–Kier alpha value is -1.26. The lowest BCUT2D eigenvalue weighted by molar-refractivity contribution is 0.779. The summed E-state index contributed by atoms with van der Waals surface area (Å²) in [6.45, 7) is 5.19. The lowest BCUT2D eigenvalue weighted by atomic mass is 10.0. The first-order valence-electron chi connectivity index (χ1n) is 5.76. The largest absolute Gasteiger partial charge is 0.319 e. The van der Waals surface area contributed by atoms with Gasteiger partial charge in [-0.25, -0.2) is 0 Å². The Labute approximate surface area is 106 Å². The molecule has 1 N–H and O–H groups in total. The van der Waals surface area contributed by atoms with Gasteiger partial charge in [-0.3, -0.25) is 0 Å². The van der Waals surface area contributed by atoms with E-state index in [0.717, 1.165) is 23.0 Å². The van der Waals surface area contributed by atoms with Gasteiger partial charge in [0, 0.05) is 18.5 Å². The molecule has 3 nitrogen and oxygen atoms in total. The van der Waals surface area contributed by atoms with Crippen molar-refractivity contribution < 1.29 is 0 Å². The smallest absolute Gasteiger partial charge is 0.148 e. The van der Waals surface area contributed by atoms with E-state index in [9.17, 15) is 0 Å². The van der Waals surface area contributed by atoms with Gasteiger partial charge in [-0.2, -0.15) is 0 Å². The van der Waals surface area contributed by atoms with Crippen LogP contribution in [0, 0.1) is 13.8 Å². The molecule has 0 atom stereocenters. The minimum absolute atomic E-state index is 0.944. The number of hydrogen-bond acceptors (Lipinski definition) is 4. The molecular weight excluding hydrogens is 230 g/mol. The standard InChI is InChI=1S/C13H17N3S/c1-9-5-4-6-10(2)12(9)13-16-15-11(17-13)7-8-14-3/h4-6,14H,7-8H2,1-3H3. The Balaban J connectivity index is 2.30. The summed E-state index contributed by atoms with van der Waals surface area (Å²) in [5.41, 5.74) is 3.77. The summed E-state index contributed by atoms with van der Waals surface area (Å²) in [6.07, 6.45) is 0.944. The molecule has 0 aliphatic carbocycles. The van der Waals surface area contributed by atoms with E-state index >= 15 is 0 Å². The molecule has 2 rings (SSSR count). The van der Waals surface area contributed by atoms with E-state index in [2.05, 4.69) is 47.6 Å². The van der Waals surface area contributed by atoms with Gasteiger partial charge >= 0.3 is 0 Å². The molecule has 0 unspecified atom stereocenters. The second-order valence-electron chi connectivity index (χ2n) is 4.12. The van der Waals surface area contributed by atoms with Crippen molar-refractivity contribution in [2.24, 2.45) is 0 Å². The van der Waals surface area contributed by atoms with Crippen molar-refractivity contribution >= 4 is 11.3 Å². The number of nitrogens with one attached hydrogen (secondary N) is 1. The normalized spacial score (nSPS) is 10.8. The zero-order chi connectivity index (χ0) is 12.3. The first-order valence-corrected chi connectivity index (χ1v) is 6.57. The molecule has 90 valence electrons. The average Bonchev–Trinajstić information content (AvgIpc) is 2.75. The quantitative estimate of drug-likeness (QED) is 0.902. The molecule has 0 bridgehead atoms. The van der Waals surface area contributed by atoms with E-state index in [4.69, 9.17) is 0 Å². The number of aromatic nitrogens is 2. The third-order valence-corrected chi connectivity index (χ3v) is 3.75. The summed E-state index contributed by atoms with van der Waals surface area (Å²) in [5, 5.41) is 13.8. The Morgan fingerprint density at radius 2 is 1.88 bits per heavy atom. The summed E-state index contributed by atoms with van der Waals surface area (Å²) in [7, 11) is 1.95. The monoisotopic (exact) mass is 247 g/mol. The molecule has 0 aliphatic rings. The van der Waals surface area contributed by atoms with Crippen molar-refractivity contribution in [2.45, 2.75) is 20.3 Å². The van der Waals surface area contributed by atoms with Crippen LogP contribution >= 0.6 is 11.3 Å². The summed E-state index contributed by atoms with van der Waals surface area (Å²) < 4.78 is 0. The second kappa shape index (κ2) is 5.38. The number of benzene rings is 1. The molecule has 2 aromatic rings. The lowest BCUT2D eigenvalue weighted by Crippen LogP contribution is -2.09. The lowest BCUT2D eigenvalue weighted by Gasteiger charge is -2.04. The van der Waals surface area contributed by atoms with Gasteiger partial charge in [0.15, 0.2) is 0 Å². The highest BCUT2D eigenvalue weighted by Gasteiger charge is 2.10. The molecular formula is C13H17N3S. The van der Waals surface area contributed by atoms with Crippen LogP contribution in [0.4, 0.5) is 0 Å². The number of hydrogen-bond donors (Lipinski definition) is 1. The highest BCUT2D eigenvalue weighted by molar-refractivity contribution is 7.14. The molecule has 0 radical (unpaired) electrons. The predicted molar refractivity (Wildman–Crippen MR) is 72.4 cm³/mol. The number of rotatable bonds is 4. The van der Waals surface area contributed by atoms with E-state index in [1.165, 1.54) is 16.7 Å². The van der Waals surface area contributed by atoms with Crippen LogP contribution in [0.25, 0.3) is 10.6 Å². The van der Waals surface area contributed by atoms with Crippen LogP contribution in [0.3, 0.4) is 0 Å². The minimum atomic E-state index is 0.944. The first kappa shape index (κ1) is 12.2. The highest BCUT2D eigenvalue weighted by atomic mass is 32.1. The van der Waals surface area contributed by atoms with E-state index in [1.54, 1.807) is 11.3 Å². The maximum absolute atomic E-state index is 4.30. The van der Waals surface area contributed by atoms with Gasteiger partial charge in [0.25, 0.3) is 0 Å². The van der Waals surface area contributed by atoms with Gasteiger partial charge in [-0.05, 0) is 32.0 Å². The van der Waals surface area contributed by atoms with Crippen molar-refractivity contribution in [1.29, 1.82) is 0 Å². The minimum Gasteiger partial charge on any atom is -0.319 e. The zero-order valence-corrected chi connectivity index (χ0v) is 11.3. The maximum Gasteiger partial charge on any atom is 0.148 e. The first-order chi connectivity index (χ1) is 8.22. The van der Waals surface area contributed by atoms with Crippen LogP contribution in [0.1, 0.15) is 16.1 Å².